The highest BCUT2D eigenvalue weighted by Crippen LogP contribution is 2.29. The molecule has 0 amide bonds. The first-order valence-corrected chi connectivity index (χ1v) is 5.56. The van der Waals surface area contributed by atoms with Crippen molar-refractivity contribution in [2.75, 3.05) is 0 Å². The fourth-order valence-electron chi connectivity index (χ4n) is 1.24. The molecule has 0 bridgehead atoms. The lowest BCUT2D eigenvalue weighted by Crippen LogP contribution is -2.21. The van der Waals surface area contributed by atoms with Crippen molar-refractivity contribution in [2.45, 2.75) is 0 Å². The van der Waals surface area contributed by atoms with Gasteiger partial charge in [-0.05, 0) is 0 Å². The normalized spacial score (nSPS) is 10.0. The van der Waals surface area contributed by atoms with Gasteiger partial charge >= 0.3 is 0 Å². The Kier molecular flexibility index (Phi) is 3.15. The second kappa shape index (κ2) is 4.75. The van der Waals surface area contributed by atoms with Crippen LogP contribution in [0.15, 0.2) is 29.3 Å². The van der Waals surface area contributed by atoms with Gasteiger partial charge in [-0.3, -0.25) is 10.1 Å². The molecule has 0 unspecified atom stereocenters. The van der Waals surface area contributed by atoms with E-state index in [4.69, 9.17) is 11.5 Å². The average Bonchev–Trinajstić information content (AvgIpc) is 2.77. The molecule has 0 atom stereocenters. The fraction of sp³-hybridized carbons (Fsp3) is 0. The quantitative estimate of drug-likeness (QED) is 0.368. The van der Waals surface area contributed by atoms with Gasteiger partial charge in [0.25, 0.3) is 5.69 Å². The first-order chi connectivity index (χ1) is 8.56. The van der Waals surface area contributed by atoms with Crippen LogP contribution in [0, 0.1) is 10.1 Å². The maximum absolute atomic E-state index is 10.7. The molecule has 0 saturated carbocycles. The molecule has 0 saturated heterocycles. The molecule has 4 N–H and O–H groups in total. The Morgan fingerprint density at radius 1 is 1.39 bits per heavy atom. The number of nitro benzene ring substituents is 1. The molecule has 8 nitrogen and oxygen atoms in total. The Morgan fingerprint density at radius 2 is 2.17 bits per heavy atom. The van der Waals surface area contributed by atoms with E-state index in [1.165, 1.54) is 12.1 Å². The summed E-state index contributed by atoms with van der Waals surface area (Å²) in [5.74, 6) is -0.114. The van der Waals surface area contributed by atoms with Gasteiger partial charge in [-0.1, -0.05) is 23.5 Å². The Morgan fingerprint density at radius 3 is 2.83 bits per heavy atom. The van der Waals surface area contributed by atoms with E-state index in [1.807, 2.05) is 0 Å². The highest BCUT2D eigenvalue weighted by Gasteiger charge is 2.10. The fourth-order valence-corrected chi connectivity index (χ4v) is 1.97. The molecule has 0 radical (unpaired) electrons. The lowest BCUT2D eigenvalue weighted by molar-refractivity contribution is -0.384. The molecule has 1 aromatic heterocycles. The number of aromatic nitrogens is 2. The molecule has 9 heteroatoms. The zero-order valence-electron chi connectivity index (χ0n) is 8.98. The van der Waals surface area contributed by atoms with Crippen molar-refractivity contribution in [3.63, 3.8) is 0 Å². The highest BCUT2D eigenvalue weighted by atomic mass is 32.1. The predicted molar refractivity (Wildman–Crippen MR) is 67.5 cm³/mol. The van der Waals surface area contributed by atoms with Gasteiger partial charge in [-0.2, -0.15) is 4.99 Å². The van der Waals surface area contributed by atoms with Crippen molar-refractivity contribution >= 4 is 28.1 Å². The third kappa shape index (κ3) is 2.58. The topological polar surface area (TPSA) is 133 Å². The molecule has 1 heterocycles. The first-order valence-electron chi connectivity index (χ1n) is 4.74. The van der Waals surface area contributed by atoms with Crippen molar-refractivity contribution in [1.29, 1.82) is 0 Å². The van der Waals surface area contributed by atoms with Gasteiger partial charge in [-0.25, -0.2) is 0 Å². The van der Waals surface area contributed by atoms with Crippen molar-refractivity contribution < 1.29 is 4.92 Å². The van der Waals surface area contributed by atoms with Crippen LogP contribution in [0.5, 0.6) is 0 Å². The van der Waals surface area contributed by atoms with E-state index in [0.717, 1.165) is 11.3 Å². The second-order valence-electron chi connectivity index (χ2n) is 3.23. The van der Waals surface area contributed by atoms with Gasteiger partial charge in [0.2, 0.25) is 5.13 Å². The maximum Gasteiger partial charge on any atom is 0.270 e. The molecule has 92 valence electrons. The van der Waals surface area contributed by atoms with Crippen LogP contribution in [-0.2, 0) is 0 Å². The van der Waals surface area contributed by atoms with E-state index in [2.05, 4.69) is 15.2 Å². The summed E-state index contributed by atoms with van der Waals surface area (Å²) in [5, 5.41) is 19.1. The van der Waals surface area contributed by atoms with Gasteiger partial charge in [0.05, 0.1) is 4.92 Å². The molecule has 0 aliphatic rings. The number of benzene rings is 1. The second-order valence-corrected chi connectivity index (χ2v) is 4.19. The number of rotatable bonds is 3. The molecule has 0 fully saturated rings. The molecule has 2 aromatic rings. The van der Waals surface area contributed by atoms with E-state index < -0.39 is 4.92 Å². The van der Waals surface area contributed by atoms with E-state index in [1.54, 1.807) is 12.1 Å². The molecular formula is C9H8N6O2S. The third-order valence-electron chi connectivity index (χ3n) is 1.94. The Bertz CT molecular complexity index is 619. The third-order valence-corrected chi connectivity index (χ3v) is 2.81. The molecule has 0 aliphatic heterocycles. The summed E-state index contributed by atoms with van der Waals surface area (Å²) in [6, 6.07) is 6.10. The van der Waals surface area contributed by atoms with Crippen LogP contribution in [-0.4, -0.2) is 21.1 Å². The number of nitrogens with two attached hydrogens (primary N) is 2. The van der Waals surface area contributed by atoms with Gasteiger partial charge in [0.15, 0.2) is 5.96 Å². The van der Waals surface area contributed by atoms with Gasteiger partial charge in [0.1, 0.15) is 5.01 Å². The highest BCUT2D eigenvalue weighted by molar-refractivity contribution is 7.18. The van der Waals surface area contributed by atoms with Gasteiger partial charge < -0.3 is 11.5 Å². The number of aliphatic imine (C=N–C) groups is 1. The summed E-state index contributed by atoms with van der Waals surface area (Å²) < 4.78 is 0. The van der Waals surface area contributed by atoms with Crippen LogP contribution in [0.3, 0.4) is 0 Å². The minimum atomic E-state index is -0.471. The minimum Gasteiger partial charge on any atom is -0.370 e. The number of hydrogen-bond donors (Lipinski definition) is 2. The van der Waals surface area contributed by atoms with E-state index in [-0.39, 0.29) is 11.6 Å². The molecule has 0 spiro atoms. The summed E-state index contributed by atoms with van der Waals surface area (Å²) >= 11 is 1.14. The van der Waals surface area contributed by atoms with Crippen LogP contribution < -0.4 is 11.5 Å². The van der Waals surface area contributed by atoms with Crippen molar-refractivity contribution in [1.82, 2.24) is 10.2 Å². The maximum atomic E-state index is 10.7. The molecule has 0 aliphatic carbocycles. The summed E-state index contributed by atoms with van der Waals surface area (Å²) in [6.07, 6.45) is 0. The van der Waals surface area contributed by atoms with E-state index in [9.17, 15) is 10.1 Å². The summed E-state index contributed by atoms with van der Waals surface area (Å²) in [7, 11) is 0. The largest absolute Gasteiger partial charge is 0.370 e. The number of guanidine groups is 1. The van der Waals surface area contributed by atoms with Crippen LogP contribution in [0.25, 0.3) is 10.6 Å². The molecular weight excluding hydrogens is 256 g/mol. The zero-order chi connectivity index (χ0) is 13.1. The summed E-state index contributed by atoms with van der Waals surface area (Å²) in [5.41, 5.74) is 11.0. The van der Waals surface area contributed by atoms with Crippen LogP contribution in [0.4, 0.5) is 10.8 Å². The number of nitro groups is 1. The van der Waals surface area contributed by atoms with Crippen LogP contribution in [0.1, 0.15) is 0 Å². The SMILES string of the molecule is NC(N)=Nc1nnc(-c2cccc([N+](=O)[O-])c2)s1. The van der Waals surface area contributed by atoms with Gasteiger partial charge in [0, 0.05) is 17.7 Å². The van der Waals surface area contributed by atoms with E-state index >= 15 is 0 Å². The minimum absolute atomic E-state index is 0.00825. The number of nitrogens with zero attached hydrogens (tertiary/aromatic N) is 4. The standard InChI is InChI=1S/C9H8N6O2S/c10-8(11)12-9-14-13-7(18-9)5-2-1-3-6(4-5)15(16)17/h1-4H,(H4,10,11,12,14). The summed E-state index contributed by atoms with van der Waals surface area (Å²) in [6.45, 7) is 0. The lowest BCUT2D eigenvalue weighted by atomic mass is 10.2. The number of non-ortho nitro benzene ring substituents is 1. The van der Waals surface area contributed by atoms with E-state index in [0.29, 0.717) is 15.7 Å². The Hall–Kier alpha value is -2.55. The lowest BCUT2D eigenvalue weighted by Gasteiger charge is -1.94. The van der Waals surface area contributed by atoms with Crippen molar-refractivity contribution in [3.05, 3.63) is 34.4 Å². The van der Waals surface area contributed by atoms with Crippen molar-refractivity contribution in [3.8, 4) is 10.6 Å². The van der Waals surface area contributed by atoms with Crippen molar-refractivity contribution in [2.24, 2.45) is 16.5 Å². The molecule has 18 heavy (non-hydrogen) atoms. The van der Waals surface area contributed by atoms with Crippen LogP contribution >= 0.6 is 11.3 Å². The summed E-state index contributed by atoms with van der Waals surface area (Å²) in [4.78, 5) is 13.9. The predicted octanol–water partition coefficient (Wildman–Crippen LogP) is 1.02. The van der Waals surface area contributed by atoms with Crippen LogP contribution in [0.2, 0.25) is 0 Å². The molecule has 2 rings (SSSR count). The first kappa shape index (κ1) is 11.9. The number of hydrogen-bond acceptors (Lipinski definition) is 6. The zero-order valence-corrected chi connectivity index (χ0v) is 9.79. The van der Waals surface area contributed by atoms with Gasteiger partial charge in [-0.15, -0.1) is 10.2 Å². The molecule has 1 aromatic carbocycles. The smallest absolute Gasteiger partial charge is 0.270 e. The Labute approximate surface area is 105 Å². The monoisotopic (exact) mass is 264 g/mol. The Balaban J connectivity index is 2.37. The average molecular weight is 264 g/mol.